The Morgan fingerprint density at radius 1 is 0.952 bits per heavy atom. The van der Waals surface area contributed by atoms with Crippen molar-refractivity contribution in [2.24, 2.45) is 0 Å². The molecule has 1 saturated heterocycles. The topological polar surface area (TPSA) is 49.4 Å². The highest BCUT2D eigenvalue weighted by atomic mass is 16.2. The number of rotatable bonds is 10. The zero-order valence-electron chi connectivity index (χ0n) is 14.0. The molecule has 0 aromatic rings. The molecule has 1 fully saturated rings. The van der Waals surface area contributed by atoms with Gasteiger partial charge in [-0.25, -0.2) is 0 Å². The predicted molar refractivity (Wildman–Crippen MR) is 86.0 cm³/mol. The SMILES string of the molecule is CCCCCCCCCN1C(=O)CNC(=O)C1(CC)CC. The molecule has 0 radical (unpaired) electrons. The molecule has 4 heteroatoms. The Labute approximate surface area is 129 Å². The summed E-state index contributed by atoms with van der Waals surface area (Å²) in [5, 5.41) is 2.75. The van der Waals surface area contributed by atoms with Crippen LogP contribution in [0.1, 0.15) is 78.6 Å². The molecule has 0 aromatic carbocycles. The van der Waals surface area contributed by atoms with E-state index in [0.717, 1.165) is 19.4 Å². The number of carbonyl (C=O) groups is 2. The first-order valence-corrected chi connectivity index (χ1v) is 8.71. The molecule has 0 saturated carbocycles. The van der Waals surface area contributed by atoms with Gasteiger partial charge in [-0.2, -0.15) is 0 Å². The second-order valence-corrected chi connectivity index (χ2v) is 6.09. The third-order valence-corrected chi connectivity index (χ3v) is 4.80. The van der Waals surface area contributed by atoms with E-state index in [1.54, 1.807) is 0 Å². The first-order chi connectivity index (χ1) is 10.1. The molecule has 0 spiro atoms. The highest BCUT2D eigenvalue weighted by Gasteiger charge is 2.46. The Balaban J connectivity index is 2.45. The average Bonchev–Trinajstić information content (AvgIpc) is 2.50. The fraction of sp³-hybridized carbons (Fsp3) is 0.882. The molecule has 1 N–H and O–H groups in total. The maximum absolute atomic E-state index is 12.2. The van der Waals surface area contributed by atoms with Crippen LogP contribution in [0.4, 0.5) is 0 Å². The van der Waals surface area contributed by atoms with Gasteiger partial charge in [-0.05, 0) is 19.3 Å². The second-order valence-electron chi connectivity index (χ2n) is 6.09. The summed E-state index contributed by atoms with van der Waals surface area (Å²) in [5.74, 6) is 0.0966. The van der Waals surface area contributed by atoms with Gasteiger partial charge in [-0.3, -0.25) is 9.59 Å². The highest BCUT2D eigenvalue weighted by molar-refractivity contribution is 5.97. The zero-order valence-corrected chi connectivity index (χ0v) is 14.0. The molecule has 21 heavy (non-hydrogen) atoms. The zero-order chi connectivity index (χ0) is 15.7. The number of hydrogen-bond donors (Lipinski definition) is 1. The molecule has 1 heterocycles. The van der Waals surface area contributed by atoms with E-state index in [0.29, 0.717) is 12.8 Å². The smallest absolute Gasteiger partial charge is 0.246 e. The quantitative estimate of drug-likeness (QED) is 0.629. The second kappa shape index (κ2) is 9.06. The molecular weight excluding hydrogens is 264 g/mol. The first kappa shape index (κ1) is 18.0. The molecule has 0 aromatic heterocycles. The van der Waals surface area contributed by atoms with Crippen molar-refractivity contribution in [2.75, 3.05) is 13.1 Å². The van der Waals surface area contributed by atoms with E-state index in [1.807, 2.05) is 18.7 Å². The van der Waals surface area contributed by atoms with Gasteiger partial charge in [0.25, 0.3) is 0 Å². The molecule has 0 bridgehead atoms. The fourth-order valence-corrected chi connectivity index (χ4v) is 3.30. The summed E-state index contributed by atoms with van der Waals surface area (Å²) in [6, 6.07) is 0. The van der Waals surface area contributed by atoms with Gasteiger partial charge in [0.05, 0.1) is 6.54 Å². The highest BCUT2D eigenvalue weighted by Crippen LogP contribution is 2.27. The van der Waals surface area contributed by atoms with E-state index < -0.39 is 5.54 Å². The Morgan fingerprint density at radius 2 is 1.52 bits per heavy atom. The van der Waals surface area contributed by atoms with Crippen LogP contribution in [0.15, 0.2) is 0 Å². The molecular formula is C17H32N2O2. The van der Waals surface area contributed by atoms with Crippen LogP contribution in [0.5, 0.6) is 0 Å². The van der Waals surface area contributed by atoms with Crippen molar-refractivity contribution in [3.05, 3.63) is 0 Å². The van der Waals surface area contributed by atoms with Crippen molar-refractivity contribution in [3.63, 3.8) is 0 Å². The lowest BCUT2D eigenvalue weighted by Gasteiger charge is -2.45. The number of amides is 2. The molecule has 122 valence electrons. The molecule has 0 aliphatic carbocycles. The molecule has 1 aliphatic rings. The fourth-order valence-electron chi connectivity index (χ4n) is 3.30. The number of piperazine rings is 1. The lowest BCUT2D eigenvalue weighted by atomic mass is 9.87. The number of nitrogens with one attached hydrogen (secondary N) is 1. The van der Waals surface area contributed by atoms with Crippen LogP contribution in [0, 0.1) is 0 Å². The minimum atomic E-state index is -0.614. The Hall–Kier alpha value is -1.06. The summed E-state index contributed by atoms with van der Waals surface area (Å²) in [4.78, 5) is 26.3. The van der Waals surface area contributed by atoms with E-state index >= 15 is 0 Å². The van der Waals surface area contributed by atoms with Crippen LogP contribution in [0.2, 0.25) is 0 Å². The third-order valence-electron chi connectivity index (χ3n) is 4.80. The van der Waals surface area contributed by atoms with Crippen molar-refractivity contribution in [1.29, 1.82) is 0 Å². The van der Waals surface area contributed by atoms with Crippen LogP contribution in [-0.4, -0.2) is 35.3 Å². The Bertz CT molecular complexity index is 338. The molecule has 1 rings (SSSR count). The van der Waals surface area contributed by atoms with Crippen molar-refractivity contribution < 1.29 is 9.59 Å². The van der Waals surface area contributed by atoms with E-state index in [-0.39, 0.29) is 18.4 Å². The normalized spacial score (nSPS) is 18.0. The summed E-state index contributed by atoms with van der Waals surface area (Å²) in [6.07, 6.45) is 9.97. The van der Waals surface area contributed by atoms with Gasteiger partial charge in [-0.1, -0.05) is 59.3 Å². The monoisotopic (exact) mass is 296 g/mol. The largest absolute Gasteiger partial charge is 0.345 e. The summed E-state index contributed by atoms with van der Waals surface area (Å²) in [7, 11) is 0. The van der Waals surface area contributed by atoms with Gasteiger partial charge in [0, 0.05) is 6.54 Å². The van der Waals surface area contributed by atoms with Crippen LogP contribution in [0.25, 0.3) is 0 Å². The number of carbonyl (C=O) groups excluding carboxylic acids is 2. The maximum Gasteiger partial charge on any atom is 0.246 e. The van der Waals surface area contributed by atoms with Gasteiger partial charge >= 0.3 is 0 Å². The van der Waals surface area contributed by atoms with Gasteiger partial charge in [0.2, 0.25) is 11.8 Å². The lowest BCUT2D eigenvalue weighted by Crippen LogP contribution is -2.66. The summed E-state index contributed by atoms with van der Waals surface area (Å²) in [5.41, 5.74) is -0.614. The Kier molecular flexibility index (Phi) is 7.76. The van der Waals surface area contributed by atoms with E-state index in [1.165, 1.54) is 32.1 Å². The van der Waals surface area contributed by atoms with E-state index in [2.05, 4.69) is 12.2 Å². The van der Waals surface area contributed by atoms with Crippen molar-refractivity contribution >= 4 is 11.8 Å². The van der Waals surface area contributed by atoms with Crippen LogP contribution in [0.3, 0.4) is 0 Å². The lowest BCUT2D eigenvalue weighted by molar-refractivity contribution is -0.154. The van der Waals surface area contributed by atoms with Gasteiger partial charge in [0.1, 0.15) is 5.54 Å². The van der Waals surface area contributed by atoms with Crippen molar-refractivity contribution in [3.8, 4) is 0 Å². The third kappa shape index (κ3) is 4.45. The predicted octanol–water partition coefficient (Wildman–Crippen LogP) is 3.25. The molecule has 0 unspecified atom stereocenters. The first-order valence-electron chi connectivity index (χ1n) is 8.71. The standard InChI is InChI=1S/C17H32N2O2/c1-4-7-8-9-10-11-12-13-19-15(20)14-18-16(21)17(19,5-2)6-3/h4-14H2,1-3H3,(H,18,21). The van der Waals surface area contributed by atoms with Crippen LogP contribution >= 0.6 is 0 Å². The number of unbranched alkanes of at least 4 members (excludes halogenated alkanes) is 6. The minimum absolute atomic E-state index is 0.0232. The van der Waals surface area contributed by atoms with Gasteiger partial charge in [0.15, 0.2) is 0 Å². The molecule has 0 atom stereocenters. The van der Waals surface area contributed by atoms with Gasteiger partial charge < -0.3 is 10.2 Å². The molecule has 1 aliphatic heterocycles. The van der Waals surface area contributed by atoms with Crippen LogP contribution < -0.4 is 5.32 Å². The Morgan fingerprint density at radius 3 is 2.10 bits per heavy atom. The van der Waals surface area contributed by atoms with E-state index in [4.69, 9.17) is 0 Å². The summed E-state index contributed by atoms with van der Waals surface area (Å²) in [6.45, 7) is 7.11. The number of nitrogens with zero attached hydrogens (tertiary/aromatic N) is 1. The van der Waals surface area contributed by atoms with Gasteiger partial charge in [-0.15, -0.1) is 0 Å². The average molecular weight is 296 g/mol. The van der Waals surface area contributed by atoms with E-state index in [9.17, 15) is 9.59 Å². The van der Waals surface area contributed by atoms with Crippen molar-refractivity contribution in [2.45, 2.75) is 84.1 Å². The molecule has 2 amide bonds. The number of hydrogen-bond acceptors (Lipinski definition) is 2. The molecule has 4 nitrogen and oxygen atoms in total. The minimum Gasteiger partial charge on any atom is -0.345 e. The summed E-state index contributed by atoms with van der Waals surface area (Å²) >= 11 is 0. The van der Waals surface area contributed by atoms with Crippen LogP contribution in [-0.2, 0) is 9.59 Å². The van der Waals surface area contributed by atoms with Crippen molar-refractivity contribution in [1.82, 2.24) is 10.2 Å². The maximum atomic E-state index is 12.2. The summed E-state index contributed by atoms with van der Waals surface area (Å²) < 4.78 is 0.